The molecule has 2 rings (SSSR count). The molecule has 3 nitrogen and oxygen atoms in total. The minimum atomic E-state index is -0.282. The van der Waals surface area contributed by atoms with Crippen LogP contribution in [0.3, 0.4) is 0 Å². The second kappa shape index (κ2) is 5.38. The van der Waals surface area contributed by atoms with E-state index in [0.29, 0.717) is 5.41 Å². The lowest BCUT2D eigenvalue weighted by Gasteiger charge is -2.44. The van der Waals surface area contributed by atoms with Gasteiger partial charge in [-0.05, 0) is 37.5 Å². The first-order valence-corrected chi connectivity index (χ1v) is 7.21. The Hall–Kier alpha value is -0.570. The molecule has 2 aliphatic rings. The standard InChI is InChI=1S/C14H26N2O/c1-2-12(15)13(17)16-10-8-14(9-11-16)6-4-3-5-7-14/h12H,2-11,15H2,1H3. The Kier molecular flexibility index (Phi) is 4.08. The van der Waals surface area contributed by atoms with Crippen molar-refractivity contribution in [2.75, 3.05) is 13.1 Å². The van der Waals surface area contributed by atoms with E-state index in [9.17, 15) is 4.79 Å². The van der Waals surface area contributed by atoms with Crippen LogP contribution in [0.25, 0.3) is 0 Å². The maximum absolute atomic E-state index is 12.0. The highest BCUT2D eigenvalue weighted by atomic mass is 16.2. The van der Waals surface area contributed by atoms with Gasteiger partial charge >= 0.3 is 0 Å². The van der Waals surface area contributed by atoms with Crippen molar-refractivity contribution in [3.05, 3.63) is 0 Å². The molecule has 1 heterocycles. The molecule has 0 aromatic carbocycles. The number of piperidine rings is 1. The monoisotopic (exact) mass is 238 g/mol. The molecule has 1 aliphatic heterocycles. The number of nitrogens with two attached hydrogens (primary N) is 1. The Morgan fingerprint density at radius 2 is 1.76 bits per heavy atom. The van der Waals surface area contributed by atoms with Crippen molar-refractivity contribution in [1.29, 1.82) is 0 Å². The van der Waals surface area contributed by atoms with Gasteiger partial charge in [-0.1, -0.05) is 26.2 Å². The molecule has 0 aromatic heterocycles. The fourth-order valence-corrected chi connectivity index (χ4v) is 3.41. The number of nitrogens with zero attached hydrogens (tertiary/aromatic N) is 1. The van der Waals surface area contributed by atoms with E-state index in [1.165, 1.54) is 44.9 Å². The number of rotatable bonds is 2. The average molecular weight is 238 g/mol. The number of likely N-dealkylation sites (tertiary alicyclic amines) is 1. The molecule has 1 unspecified atom stereocenters. The summed E-state index contributed by atoms with van der Waals surface area (Å²) in [6.07, 6.45) is 10.1. The van der Waals surface area contributed by atoms with E-state index >= 15 is 0 Å². The van der Waals surface area contributed by atoms with Crippen LogP contribution < -0.4 is 5.73 Å². The van der Waals surface area contributed by atoms with Gasteiger partial charge in [0, 0.05) is 13.1 Å². The van der Waals surface area contributed by atoms with Gasteiger partial charge in [0.2, 0.25) is 5.91 Å². The molecule has 1 aliphatic carbocycles. The smallest absolute Gasteiger partial charge is 0.239 e. The van der Waals surface area contributed by atoms with Gasteiger partial charge in [-0.2, -0.15) is 0 Å². The second-order valence-corrected chi connectivity index (χ2v) is 5.90. The van der Waals surface area contributed by atoms with Crippen LogP contribution in [0.2, 0.25) is 0 Å². The van der Waals surface area contributed by atoms with Crippen LogP contribution in [-0.2, 0) is 4.79 Å². The molecule has 1 saturated carbocycles. The maximum Gasteiger partial charge on any atom is 0.239 e. The largest absolute Gasteiger partial charge is 0.341 e. The molecule has 1 amide bonds. The van der Waals surface area contributed by atoms with Crippen LogP contribution in [0.1, 0.15) is 58.3 Å². The zero-order valence-electron chi connectivity index (χ0n) is 11.1. The molecule has 2 N–H and O–H groups in total. The summed E-state index contributed by atoms with van der Waals surface area (Å²) in [7, 11) is 0. The Morgan fingerprint density at radius 3 is 2.29 bits per heavy atom. The quantitative estimate of drug-likeness (QED) is 0.802. The topological polar surface area (TPSA) is 46.3 Å². The van der Waals surface area contributed by atoms with E-state index in [4.69, 9.17) is 5.73 Å². The Labute approximate surface area is 105 Å². The van der Waals surface area contributed by atoms with E-state index in [1.54, 1.807) is 0 Å². The lowest BCUT2D eigenvalue weighted by Crippen LogP contribution is -2.49. The molecule has 0 aromatic rings. The zero-order valence-corrected chi connectivity index (χ0v) is 11.1. The summed E-state index contributed by atoms with van der Waals surface area (Å²) in [5, 5.41) is 0. The lowest BCUT2D eigenvalue weighted by atomic mass is 9.68. The summed E-state index contributed by atoms with van der Waals surface area (Å²) in [5.41, 5.74) is 6.40. The van der Waals surface area contributed by atoms with Crippen LogP contribution in [-0.4, -0.2) is 29.9 Å². The molecule has 1 atom stereocenters. The second-order valence-electron chi connectivity index (χ2n) is 5.90. The van der Waals surface area contributed by atoms with E-state index in [-0.39, 0.29) is 11.9 Å². The first kappa shape index (κ1) is 12.9. The van der Waals surface area contributed by atoms with Crippen molar-refractivity contribution >= 4 is 5.91 Å². The predicted molar refractivity (Wildman–Crippen MR) is 69.6 cm³/mol. The molecular weight excluding hydrogens is 212 g/mol. The fourth-order valence-electron chi connectivity index (χ4n) is 3.41. The van der Waals surface area contributed by atoms with Crippen LogP contribution in [0.15, 0.2) is 0 Å². The molecule has 1 spiro atoms. The van der Waals surface area contributed by atoms with Gasteiger partial charge in [0.15, 0.2) is 0 Å². The zero-order chi connectivity index (χ0) is 12.3. The van der Waals surface area contributed by atoms with Gasteiger partial charge < -0.3 is 10.6 Å². The SMILES string of the molecule is CCC(N)C(=O)N1CCC2(CCCCC2)CC1. The van der Waals surface area contributed by atoms with Gasteiger partial charge in [0.05, 0.1) is 6.04 Å². The summed E-state index contributed by atoms with van der Waals surface area (Å²) in [5.74, 6) is 0.165. The van der Waals surface area contributed by atoms with Crippen LogP contribution in [0.4, 0.5) is 0 Å². The first-order valence-electron chi connectivity index (χ1n) is 7.21. The number of carbonyl (C=O) groups is 1. The lowest BCUT2D eigenvalue weighted by molar-refractivity contribution is -0.135. The third-order valence-electron chi connectivity index (χ3n) is 4.81. The van der Waals surface area contributed by atoms with Gasteiger partial charge in [-0.3, -0.25) is 4.79 Å². The minimum absolute atomic E-state index is 0.165. The van der Waals surface area contributed by atoms with Crippen molar-refractivity contribution in [2.24, 2.45) is 11.1 Å². The molecule has 0 bridgehead atoms. The van der Waals surface area contributed by atoms with Crippen molar-refractivity contribution in [3.63, 3.8) is 0 Å². The van der Waals surface area contributed by atoms with E-state index in [0.717, 1.165) is 19.5 Å². The Morgan fingerprint density at radius 1 is 1.18 bits per heavy atom. The molecule has 2 fully saturated rings. The molecule has 98 valence electrons. The van der Waals surface area contributed by atoms with E-state index < -0.39 is 0 Å². The highest BCUT2D eigenvalue weighted by molar-refractivity contribution is 5.81. The van der Waals surface area contributed by atoms with Gasteiger partial charge in [0.25, 0.3) is 0 Å². The van der Waals surface area contributed by atoms with E-state index in [2.05, 4.69) is 0 Å². The Bertz CT molecular complexity index is 261. The highest BCUT2D eigenvalue weighted by Crippen LogP contribution is 2.44. The Balaban J connectivity index is 1.87. The van der Waals surface area contributed by atoms with Gasteiger partial charge in [-0.25, -0.2) is 0 Å². The summed E-state index contributed by atoms with van der Waals surface area (Å²) < 4.78 is 0. The van der Waals surface area contributed by atoms with Gasteiger partial charge in [0.1, 0.15) is 0 Å². The summed E-state index contributed by atoms with van der Waals surface area (Å²) >= 11 is 0. The number of carbonyl (C=O) groups excluding carboxylic acids is 1. The van der Waals surface area contributed by atoms with Crippen molar-refractivity contribution in [3.8, 4) is 0 Å². The summed E-state index contributed by atoms with van der Waals surface area (Å²) in [4.78, 5) is 14.0. The molecule has 3 heteroatoms. The molecule has 0 radical (unpaired) electrons. The number of amides is 1. The van der Waals surface area contributed by atoms with Crippen LogP contribution in [0.5, 0.6) is 0 Å². The van der Waals surface area contributed by atoms with Crippen molar-refractivity contribution in [1.82, 2.24) is 4.90 Å². The number of hydrogen-bond donors (Lipinski definition) is 1. The number of hydrogen-bond acceptors (Lipinski definition) is 2. The van der Waals surface area contributed by atoms with E-state index in [1.807, 2.05) is 11.8 Å². The predicted octanol–water partition coefficient (Wildman–Crippen LogP) is 2.30. The third kappa shape index (κ3) is 2.82. The molecule has 1 saturated heterocycles. The normalized spacial score (nSPS) is 25.9. The third-order valence-corrected chi connectivity index (χ3v) is 4.81. The maximum atomic E-state index is 12.0. The van der Waals surface area contributed by atoms with Crippen LogP contribution >= 0.6 is 0 Å². The van der Waals surface area contributed by atoms with Crippen molar-refractivity contribution < 1.29 is 4.79 Å². The molecule has 17 heavy (non-hydrogen) atoms. The molecular formula is C14H26N2O. The van der Waals surface area contributed by atoms with Gasteiger partial charge in [-0.15, -0.1) is 0 Å². The summed E-state index contributed by atoms with van der Waals surface area (Å²) in [6, 6.07) is -0.282. The minimum Gasteiger partial charge on any atom is -0.341 e. The van der Waals surface area contributed by atoms with Crippen LogP contribution in [0, 0.1) is 5.41 Å². The first-order chi connectivity index (χ1) is 8.17. The van der Waals surface area contributed by atoms with Crippen molar-refractivity contribution in [2.45, 2.75) is 64.3 Å². The highest BCUT2D eigenvalue weighted by Gasteiger charge is 2.37. The summed E-state index contributed by atoms with van der Waals surface area (Å²) in [6.45, 7) is 3.86. The fraction of sp³-hybridized carbons (Fsp3) is 0.929. The average Bonchev–Trinajstić information content (AvgIpc) is 2.39.